The van der Waals surface area contributed by atoms with Gasteiger partial charge < -0.3 is 9.53 Å². The molecule has 0 aliphatic rings. The van der Waals surface area contributed by atoms with Gasteiger partial charge in [-0.3, -0.25) is 0 Å². The Labute approximate surface area is 68.9 Å². The Morgan fingerprint density at radius 2 is 2.00 bits per heavy atom. The van der Waals surface area contributed by atoms with Crippen LogP contribution in [0.3, 0.4) is 0 Å². The summed E-state index contributed by atoms with van der Waals surface area (Å²) in [7, 11) is 0. The van der Waals surface area contributed by atoms with E-state index in [2.05, 4.69) is 6.92 Å². The number of carbonyl (C=O) groups is 1. The second kappa shape index (κ2) is 5.30. The van der Waals surface area contributed by atoms with Crippen molar-refractivity contribution in [2.45, 2.75) is 45.6 Å². The molecule has 2 nitrogen and oxygen atoms in total. The molecule has 0 amide bonds. The summed E-state index contributed by atoms with van der Waals surface area (Å²) in [5.41, 5.74) is -0.590. The van der Waals surface area contributed by atoms with E-state index in [4.69, 9.17) is 4.74 Å². The number of rotatable bonds is 6. The zero-order valence-corrected chi connectivity index (χ0v) is 7.72. The van der Waals surface area contributed by atoms with Crippen LogP contribution in [0.1, 0.15) is 40.0 Å². The van der Waals surface area contributed by atoms with Gasteiger partial charge in [-0.25, -0.2) is 0 Å². The van der Waals surface area contributed by atoms with Crippen LogP contribution in [-0.2, 0) is 9.53 Å². The molecule has 66 valence electrons. The van der Waals surface area contributed by atoms with Crippen LogP contribution in [0.4, 0.5) is 0 Å². The van der Waals surface area contributed by atoms with Crippen molar-refractivity contribution in [2.75, 3.05) is 6.61 Å². The molecule has 0 spiro atoms. The van der Waals surface area contributed by atoms with E-state index in [1.165, 1.54) is 12.8 Å². The molecule has 0 saturated carbocycles. The minimum atomic E-state index is -0.590. The molecule has 0 unspecified atom stereocenters. The van der Waals surface area contributed by atoms with E-state index in [-0.39, 0.29) is 0 Å². The average Bonchev–Trinajstić information content (AvgIpc) is 1.99. The second-order valence-electron chi connectivity index (χ2n) is 3.28. The maximum Gasteiger partial charge on any atom is 0.151 e. The first-order valence-corrected chi connectivity index (χ1v) is 4.22. The third-order valence-electron chi connectivity index (χ3n) is 1.51. The fourth-order valence-electron chi connectivity index (χ4n) is 0.721. The van der Waals surface area contributed by atoms with E-state index in [9.17, 15) is 4.79 Å². The first kappa shape index (κ1) is 10.6. The van der Waals surface area contributed by atoms with Crippen LogP contribution < -0.4 is 0 Å². The van der Waals surface area contributed by atoms with Gasteiger partial charge in [-0.15, -0.1) is 0 Å². The standard InChI is InChI=1S/C9H18O2/c1-4-5-6-7-11-9(2,3)8-10/h8H,4-7H2,1-3H3. The molecule has 0 aromatic heterocycles. The van der Waals surface area contributed by atoms with E-state index in [0.717, 1.165) is 12.7 Å². The fourth-order valence-corrected chi connectivity index (χ4v) is 0.721. The Kier molecular flexibility index (Phi) is 5.12. The molecular formula is C9H18O2. The number of carbonyl (C=O) groups excluding carboxylic acids is 1. The molecule has 0 bridgehead atoms. The topological polar surface area (TPSA) is 26.3 Å². The van der Waals surface area contributed by atoms with Crippen molar-refractivity contribution in [2.24, 2.45) is 0 Å². The molecule has 0 heterocycles. The van der Waals surface area contributed by atoms with Crippen molar-refractivity contribution in [3.8, 4) is 0 Å². The summed E-state index contributed by atoms with van der Waals surface area (Å²) >= 11 is 0. The summed E-state index contributed by atoms with van der Waals surface area (Å²) in [5, 5.41) is 0. The minimum absolute atomic E-state index is 0.590. The number of hydrogen-bond donors (Lipinski definition) is 0. The second-order valence-corrected chi connectivity index (χ2v) is 3.28. The summed E-state index contributed by atoms with van der Waals surface area (Å²) in [6.07, 6.45) is 4.26. The Balaban J connectivity index is 3.30. The lowest BCUT2D eigenvalue weighted by molar-refractivity contribution is -0.127. The van der Waals surface area contributed by atoms with E-state index >= 15 is 0 Å². The van der Waals surface area contributed by atoms with Crippen molar-refractivity contribution < 1.29 is 9.53 Å². The third-order valence-corrected chi connectivity index (χ3v) is 1.51. The summed E-state index contributed by atoms with van der Waals surface area (Å²) in [6.45, 7) is 6.41. The highest BCUT2D eigenvalue weighted by Crippen LogP contribution is 2.06. The normalized spacial score (nSPS) is 11.5. The quantitative estimate of drug-likeness (QED) is 0.437. The Bertz CT molecular complexity index is 108. The van der Waals surface area contributed by atoms with Gasteiger partial charge in [0.2, 0.25) is 0 Å². The molecule has 11 heavy (non-hydrogen) atoms. The monoisotopic (exact) mass is 158 g/mol. The van der Waals surface area contributed by atoms with Crippen molar-refractivity contribution in [1.82, 2.24) is 0 Å². The summed E-state index contributed by atoms with van der Waals surface area (Å²) in [6, 6.07) is 0. The Morgan fingerprint density at radius 1 is 1.36 bits per heavy atom. The molecule has 0 aliphatic heterocycles. The van der Waals surface area contributed by atoms with Crippen molar-refractivity contribution >= 4 is 6.29 Å². The number of hydrogen-bond acceptors (Lipinski definition) is 2. The van der Waals surface area contributed by atoms with Crippen LogP contribution in [0, 0.1) is 0 Å². The number of aldehydes is 1. The van der Waals surface area contributed by atoms with Crippen LogP contribution in [0.25, 0.3) is 0 Å². The third kappa shape index (κ3) is 6.05. The Hall–Kier alpha value is -0.370. The highest BCUT2D eigenvalue weighted by atomic mass is 16.5. The fraction of sp³-hybridized carbons (Fsp3) is 0.889. The van der Waals surface area contributed by atoms with Crippen LogP contribution in [0.15, 0.2) is 0 Å². The summed E-state index contributed by atoms with van der Waals surface area (Å²) in [5.74, 6) is 0. The smallest absolute Gasteiger partial charge is 0.151 e. The van der Waals surface area contributed by atoms with Gasteiger partial charge in [0.05, 0.1) is 0 Å². The lowest BCUT2D eigenvalue weighted by Crippen LogP contribution is -2.26. The van der Waals surface area contributed by atoms with E-state index < -0.39 is 5.60 Å². The van der Waals surface area contributed by atoms with Gasteiger partial charge in [0.1, 0.15) is 5.60 Å². The maximum absolute atomic E-state index is 10.4. The van der Waals surface area contributed by atoms with E-state index in [1.54, 1.807) is 13.8 Å². The molecular weight excluding hydrogens is 140 g/mol. The van der Waals surface area contributed by atoms with E-state index in [1.807, 2.05) is 0 Å². The molecule has 0 aromatic carbocycles. The van der Waals surface area contributed by atoms with Crippen molar-refractivity contribution in [3.63, 3.8) is 0 Å². The number of unbranched alkanes of at least 4 members (excludes halogenated alkanes) is 2. The SMILES string of the molecule is CCCCCOC(C)(C)C=O. The largest absolute Gasteiger partial charge is 0.368 e. The Morgan fingerprint density at radius 3 is 2.45 bits per heavy atom. The van der Waals surface area contributed by atoms with Crippen LogP contribution >= 0.6 is 0 Å². The maximum atomic E-state index is 10.4. The van der Waals surface area contributed by atoms with Gasteiger partial charge in [0.15, 0.2) is 6.29 Å². The molecule has 0 atom stereocenters. The van der Waals surface area contributed by atoms with Crippen molar-refractivity contribution in [3.05, 3.63) is 0 Å². The zero-order chi connectivity index (χ0) is 8.74. The van der Waals surface area contributed by atoms with Gasteiger partial charge in [-0.05, 0) is 20.3 Å². The molecule has 0 aliphatic carbocycles. The minimum Gasteiger partial charge on any atom is -0.368 e. The van der Waals surface area contributed by atoms with Gasteiger partial charge in [0, 0.05) is 6.61 Å². The summed E-state index contributed by atoms with van der Waals surface area (Å²) < 4.78 is 5.31. The van der Waals surface area contributed by atoms with Gasteiger partial charge >= 0.3 is 0 Å². The molecule has 0 N–H and O–H groups in total. The molecule has 0 aromatic rings. The highest BCUT2D eigenvalue weighted by Gasteiger charge is 2.15. The molecule has 0 radical (unpaired) electrons. The first-order chi connectivity index (χ1) is 5.12. The lowest BCUT2D eigenvalue weighted by Gasteiger charge is -2.17. The number of ether oxygens (including phenoxy) is 1. The van der Waals surface area contributed by atoms with Crippen molar-refractivity contribution in [1.29, 1.82) is 0 Å². The van der Waals surface area contributed by atoms with E-state index in [0.29, 0.717) is 6.61 Å². The zero-order valence-electron chi connectivity index (χ0n) is 7.72. The predicted molar refractivity (Wildman–Crippen MR) is 45.6 cm³/mol. The van der Waals surface area contributed by atoms with Crippen LogP contribution in [-0.4, -0.2) is 18.5 Å². The molecule has 0 saturated heterocycles. The first-order valence-electron chi connectivity index (χ1n) is 4.22. The molecule has 0 rings (SSSR count). The average molecular weight is 158 g/mol. The van der Waals surface area contributed by atoms with Gasteiger partial charge in [-0.2, -0.15) is 0 Å². The van der Waals surface area contributed by atoms with Gasteiger partial charge in [0.25, 0.3) is 0 Å². The molecule has 0 fully saturated rings. The highest BCUT2D eigenvalue weighted by molar-refractivity contribution is 5.60. The van der Waals surface area contributed by atoms with Crippen LogP contribution in [0.2, 0.25) is 0 Å². The van der Waals surface area contributed by atoms with Crippen LogP contribution in [0.5, 0.6) is 0 Å². The molecule has 2 heteroatoms. The summed E-state index contributed by atoms with van der Waals surface area (Å²) in [4.78, 5) is 10.4. The predicted octanol–water partition coefficient (Wildman–Crippen LogP) is 2.17. The lowest BCUT2D eigenvalue weighted by atomic mass is 10.2. The van der Waals surface area contributed by atoms with Gasteiger partial charge in [-0.1, -0.05) is 19.8 Å².